The van der Waals surface area contributed by atoms with Crippen LogP contribution in [0.15, 0.2) is 53.9 Å². The van der Waals surface area contributed by atoms with E-state index in [9.17, 15) is 18.8 Å². The number of fused-ring (bicyclic) bond motifs is 1. The van der Waals surface area contributed by atoms with Gasteiger partial charge in [0.05, 0.1) is 4.88 Å². The van der Waals surface area contributed by atoms with Crippen molar-refractivity contribution in [1.82, 2.24) is 20.4 Å². The molecule has 2 aromatic carbocycles. The minimum atomic E-state index is -1.05. The fourth-order valence-electron chi connectivity index (χ4n) is 5.17. The Labute approximate surface area is 213 Å². The number of halogens is 1. The SMILES string of the molecule is O=C(NC1(C(=O)N2CCCN(C(=O)c3cccs3)CC2)CCNCC1)c1ccc(F)c2ccccc12. The van der Waals surface area contributed by atoms with Gasteiger partial charge in [-0.05, 0) is 61.3 Å². The molecule has 36 heavy (non-hydrogen) atoms. The second kappa shape index (κ2) is 10.4. The van der Waals surface area contributed by atoms with Crippen molar-refractivity contribution in [2.45, 2.75) is 24.8 Å². The van der Waals surface area contributed by atoms with E-state index in [2.05, 4.69) is 10.6 Å². The molecule has 0 atom stereocenters. The maximum Gasteiger partial charge on any atom is 0.263 e. The van der Waals surface area contributed by atoms with Crippen molar-refractivity contribution in [2.24, 2.45) is 0 Å². The van der Waals surface area contributed by atoms with Crippen LogP contribution in [0.25, 0.3) is 10.8 Å². The summed E-state index contributed by atoms with van der Waals surface area (Å²) in [6, 6.07) is 13.3. The fourth-order valence-corrected chi connectivity index (χ4v) is 5.86. The number of thiophene rings is 1. The lowest BCUT2D eigenvalue weighted by Gasteiger charge is -2.40. The van der Waals surface area contributed by atoms with Gasteiger partial charge in [-0.2, -0.15) is 0 Å². The molecule has 188 valence electrons. The maximum absolute atomic E-state index is 14.3. The summed E-state index contributed by atoms with van der Waals surface area (Å²) in [5, 5.41) is 9.11. The van der Waals surface area contributed by atoms with Crippen LogP contribution in [0, 0.1) is 5.82 Å². The first-order chi connectivity index (χ1) is 17.5. The minimum absolute atomic E-state index is 0.00707. The first-order valence-electron chi connectivity index (χ1n) is 12.3. The molecule has 2 aliphatic rings. The van der Waals surface area contributed by atoms with Crippen LogP contribution in [0.2, 0.25) is 0 Å². The van der Waals surface area contributed by atoms with E-state index in [1.807, 2.05) is 17.5 Å². The van der Waals surface area contributed by atoms with Gasteiger partial charge < -0.3 is 20.4 Å². The highest BCUT2D eigenvalue weighted by Gasteiger charge is 2.44. The number of carbonyl (C=O) groups is 3. The number of amides is 3. The van der Waals surface area contributed by atoms with Crippen LogP contribution >= 0.6 is 11.3 Å². The predicted molar refractivity (Wildman–Crippen MR) is 138 cm³/mol. The highest BCUT2D eigenvalue weighted by atomic mass is 32.1. The van der Waals surface area contributed by atoms with Gasteiger partial charge in [-0.3, -0.25) is 14.4 Å². The third kappa shape index (κ3) is 4.73. The molecule has 3 heterocycles. The number of benzene rings is 2. The molecule has 1 aromatic heterocycles. The lowest BCUT2D eigenvalue weighted by Crippen LogP contribution is -2.63. The summed E-state index contributed by atoms with van der Waals surface area (Å²) >= 11 is 1.42. The third-order valence-electron chi connectivity index (χ3n) is 7.14. The molecule has 0 saturated carbocycles. The van der Waals surface area contributed by atoms with Gasteiger partial charge in [0.1, 0.15) is 11.4 Å². The van der Waals surface area contributed by atoms with E-state index in [1.54, 1.807) is 34.1 Å². The van der Waals surface area contributed by atoms with Crippen LogP contribution < -0.4 is 10.6 Å². The van der Waals surface area contributed by atoms with Crippen molar-refractivity contribution in [1.29, 1.82) is 0 Å². The average Bonchev–Trinajstić information content (AvgIpc) is 3.33. The second-order valence-corrected chi connectivity index (χ2v) is 10.3. The van der Waals surface area contributed by atoms with Crippen molar-refractivity contribution < 1.29 is 18.8 Å². The molecule has 0 spiro atoms. The van der Waals surface area contributed by atoms with Gasteiger partial charge in [-0.15, -0.1) is 11.3 Å². The van der Waals surface area contributed by atoms with Gasteiger partial charge >= 0.3 is 0 Å². The van der Waals surface area contributed by atoms with E-state index in [0.29, 0.717) is 79.7 Å². The summed E-state index contributed by atoms with van der Waals surface area (Å²) in [6.07, 6.45) is 1.60. The summed E-state index contributed by atoms with van der Waals surface area (Å²) in [5.41, 5.74) is -0.702. The quantitative estimate of drug-likeness (QED) is 0.567. The van der Waals surface area contributed by atoms with Gasteiger partial charge in [0.2, 0.25) is 5.91 Å². The lowest BCUT2D eigenvalue weighted by atomic mass is 9.86. The number of hydrogen-bond donors (Lipinski definition) is 2. The lowest BCUT2D eigenvalue weighted by molar-refractivity contribution is -0.139. The second-order valence-electron chi connectivity index (χ2n) is 9.34. The monoisotopic (exact) mass is 508 g/mol. The summed E-state index contributed by atoms with van der Waals surface area (Å²) < 4.78 is 14.3. The number of rotatable bonds is 4. The van der Waals surface area contributed by atoms with Crippen molar-refractivity contribution >= 4 is 39.8 Å². The van der Waals surface area contributed by atoms with Crippen LogP contribution in [0.1, 0.15) is 39.3 Å². The zero-order chi connectivity index (χ0) is 25.1. The first kappa shape index (κ1) is 24.4. The van der Waals surface area contributed by atoms with Crippen LogP contribution in [0.4, 0.5) is 4.39 Å². The molecule has 2 N–H and O–H groups in total. The number of nitrogens with zero attached hydrogens (tertiary/aromatic N) is 2. The zero-order valence-electron chi connectivity index (χ0n) is 20.0. The largest absolute Gasteiger partial charge is 0.339 e. The summed E-state index contributed by atoms with van der Waals surface area (Å²) in [6.45, 7) is 3.19. The van der Waals surface area contributed by atoms with Gasteiger partial charge in [0.25, 0.3) is 11.8 Å². The molecule has 9 heteroatoms. The number of hydrogen-bond acceptors (Lipinski definition) is 5. The molecule has 0 aliphatic carbocycles. The van der Waals surface area contributed by atoms with Crippen LogP contribution in [-0.4, -0.2) is 72.3 Å². The molecule has 2 saturated heterocycles. The highest BCUT2D eigenvalue weighted by molar-refractivity contribution is 7.12. The van der Waals surface area contributed by atoms with E-state index in [0.717, 1.165) is 0 Å². The predicted octanol–water partition coefficient (Wildman–Crippen LogP) is 3.27. The Morgan fingerprint density at radius 3 is 2.36 bits per heavy atom. The Kier molecular flexibility index (Phi) is 7.02. The molecule has 3 amide bonds. The Hall–Kier alpha value is -3.30. The molecular formula is C27H29FN4O3S. The van der Waals surface area contributed by atoms with Crippen molar-refractivity contribution in [3.05, 3.63) is 70.2 Å². The summed E-state index contributed by atoms with van der Waals surface area (Å²) in [4.78, 5) is 44.6. The molecular weight excluding hydrogens is 479 g/mol. The molecule has 0 radical (unpaired) electrons. The number of piperidine rings is 1. The van der Waals surface area contributed by atoms with Gasteiger partial charge in [0, 0.05) is 37.1 Å². The smallest absolute Gasteiger partial charge is 0.263 e. The number of nitrogens with one attached hydrogen (secondary N) is 2. The van der Waals surface area contributed by atoms with Crippen molar-refractivity contribution in [2.75, 3.05) is 39.3 Å². The highest BCUT2D eigenvalue weighted by Crippen LogP contribution is 2.26. The van der Waals surface area contributed by atoms with E-state index < -0.39 is 5.54 Å². The molecule has 7 nitrogen and oxygen atoms in total. The molecule has 0 unspecified atom stereocenters. The Bertz CT molecular complexity index is 1270. The van der Waals surface area contributed by atoms with Crippen molar-refractivity contribution in [3.8, 4) is 0 Å². The third-order valence-corrected chi connectivity index (χ3v) is 7.99. The van der Waals surface area contributed by atoms with Gasteiger partial charge in [-0.25, -0.2) is 4.39 Å². The Morgan fingerprint density at radius 2 is 1.61 bits per heavy atom. The van der Waals surface area contributed by atoms with Gasteiger partial charge in [0.15, 0.2) is 0 Å². The number of carbonyl (C=O) groups excluding carboxylic acids is 3. The van der Waals surface area contributed by atoms with Gasteiger partial charge in [-0.1, -0.05) is 30.3 Å². The van der Waals surface area contributed by atoms with E-state index in [1.165, 1.54) is 23.5 Å². The van der Waals surface area contributed by atoms with Crippen molar-refractivity contribution in [3.63, 3.8) is 0 Å². The maximum atomic E-state index is 14.3. The van der Waals surface area contributed by atoms with E-state index in [4.69, 9.17) is 0 Å². The van der Waals surface area contributed by atoms with E-state index >= 15 is 0 Å². The topological polar surface area (TPSA) is 81.8 Å². The minimum Gasteiger partial charge on any atom is -0.339 e. The van der Waals surface area contributed by atoms with Crippen LogP contribution in [-0.2, 0) is 4.79 Å². The zero-order valence-corrected chi connectivity index (χ0v) is 20.8. The Morgan fingerprint density at radius 1 is 0.889 bits per heavy atom. The standard InChI is InChI=1S/C27H29FN4O3S/c28-22-9-8-21(19-5-1-2-6-20(19)22)24(33)30-27(10-12-29-13-11-27)26(35)32-15-4-14-31(16-17-32)25(34)23-7-3-18-36-23/h1-3,5-9,18,29H,4,10-17H2,(H,30,33). The molecule has 3 aromatic rings. The molecule has 2 aliphatic heterocycles. The summed E-state index contributed by atoms with van der Waals surface area (Å²) in [5.74, 6) is -0.895. The Balaban J connectivity index is 1.36. The average molecular weight is 509 g/mol. The summed E-state index contributed by atoms with van der Waals surface area (Å²) in [7, 11) is 0. The molecule has 2 fully saturated rings. The van der Waals surface area contributed by atoms with Crippen LogP contribution in [0.3, 0.4) is 0 Å². The fraction of sp³-hybridized carbons (Fsp3) is 0.370. The molecule has 5 rings (SSSR count). The first-order valence-corrected chi connectivity index (χ1v) is 13.2. The van der Waals surface area contributed by atoms with E-state index in [-0.39, 0.29) is 23.5 Å². The van der Waals surface area contributed by atoms with Crippen LogP contribution in [0.5, 0.6) is 0 Å². The normalized spacial score (nSPS) is 18.0. The molecule has 0 bridgehead atoms.